The second kappa shape index (κ2) is 7.20. The molecule has 0 spiro atoms. The normalized spacial score (nSPS) is 20.5. The third-order valence-corrected chi connectivity index (χ3v) is 3.98. The average Bonchev–Trinajstić information content (AvgIpc) is 2.89. The molecule has 0 aromatic heterocycles. The number of carbonyl (C=O) groups excluding carboxylic acids is 2. The Morgan fingerprint density at radius 3 is 2.62 bits per heavy atom. The van der Waals surface area contributed by atoms with Crippen molar-refractivity contribution in [2.24, 2.45) is 5.92 Å². The first-order chi connectivity index (χ1) is 11.1. The van der Waals surface area contributed by atoms with Crippen molar-refractivity contribution in [2.45, 2.75) is 58.6 Å². The highest BCUT2D eigenvalue weighted by Gasteiger charge is 2.32. The lowest BCUT2D eigenvalue weighted by molar-refractivity contribution is -0.119. The molecular formula is C18H25FN2O3. The summed E-state index contributed by atoms with van der Waals surface area (Å²) in [5, 5.41) is 5.59. The van der Waals surface area contributed by atoms with Crippen LogP contribution in [0.3, 0.4) is 0 Å². The van der Waals surface area contributed by atoms with Crippen molar-refractivity contribution < 1.29 is 18.7 Å². The lowest BCUT2D eigenvalue weighted by Crippen LogP contribution is -2.38. The lowest BCUT2D eigenvalue weighted by Gasteiger charge is -2.21. The SMILES string of the molecule is Cc1ccc(F)cc1NC(=O)[C@@H]1CC[C@@H](NC(=O)OC(C)(C)C)C1. The lowest BCUT2D eigenvalue weighted by atomic mass is 10.1. The Morgan fingerprint density at radius 2 is 1.96 bits per heavy atom. The molecule has 6 heteroatoms. The molecule has 24 heavy (non-hydrogen) atoms. The van der Waals surface area contributed by atoms with Gasteiger partial charge in [-0.1, -0.05) is 6.07 Å². The predicted molar refractivity (Wildman–Crippen MR) is 90.3 cm³/mol. The number of rotatable bonds is 3. The number of ether oxygens (including phenoxy) is 1. The van der Waals surface area contributed by atoms with Crippen LogP contribution in [0, 0.1) is 18.7 Å². The van der Waals surface area contributed by atoms with E-state index >= 15 is 0 Å². The molecule has 0 heterocycles. The zero-order valence-corrected chi connectivity index (χ0v) is 14.6. The average molecular weight is 336 g/mol. The van der Waals surface area contributed by atoms with E-state index in [-0.39, 0.29) is 23.7 Å². The summed E-state index contributed by atoms with van der Waals surface area (Å²) < 4.78 is 18.5. The number of amides is 2. The number of aryl methyl sites for hydroxylation is 1. The van der Waals surface area contributed by atoms with Gasteiger partial charge in [0, 0.05) is 17.6 Å². The van der Waals surface area contributed by atoms with Crippen LogP contribution in [0.2, 0.25) is 0 Å². The molecule has 2 amide bonds. The molecule has 1 aromatic carbocycles. The fourth-order valence-electron chi connectivity index (χ4n) is 2.79. The van der Waals surface area contributed by atoms with E-state index in [4.69, 9.17) is 4.74 Å². The van der Waals surface area contributed by atoms with Gasteiger partial charge >= 0.3 is 6.09 Å². The second-order valence-corrected chi connectivity index (χ2v) is 7.30. The van der Waals surface area contributed by atoms with E-state index in [2.05, 4.69) is 10.6 Å². The summed E-state index contributed by atoms with van der Waals surface area (Å²) in [6.07, 6.45) is 1.49. The molecule has 1 saturated carbocycles. The van der Waals surface area contributed by atoms with E-state index in [1.807, 2.05) is 6.92 Å². The minimum Gasteiger partial charge on any atom is -0.444 e. The van der Waals surface area contributed by atoms with Crippen LogP contribution in [-0.4, -0.2) is 23.6 Å². The van der Waals surface area contributed by atoms with Gasteiger partial charge in [0.25, 0.3) is 0 Å². The zero-order chi connectivity index (χ0) is 17.9. The molecular weight excluding hydrogens is 311 g/mol. The molecule has 1 aliphatic rings. The standard InChI is InChI=1S/C18H25FN2O3/c1-11-5-7-13(19)10-15(11)21-16(22)12-6-8-14(9-12)20-17(23)24-18(2,3)4/h5,7,10,12,14H,6,8-9H2,1-4H3,(H,20,23)(H,21,22)/t12-,14-/m1/s1. The molecule has 2 N–H and O–H groups in total. The first-order valence-corrected chi connectivity index (χ1v) is 8.20. The summed E-state index contributed by atoms with van der Waals surface area (Å²) >= 11 is 0. The fraction of sp³-hybridized carbons (Fsp3) is 0.556. The highest BCUT2D eigenvalue weighted by atomic mass is 19.1. The van der Waals surface area contributed by atoms with Crippen LogP contribution in [0.4, 0.5) is 14.9 Å². The molecule has 5 nitrogen and oxygen atoms in total. The van der Waals surface area contributed by atoms with E-state index < -0.39 is 11.7 Å². The largest absolute Gasteiger partial charge is 0.444 e. The first-order valence-electron chi connectivity index (χ1n) is 8.20. The summed E-state index contributed by atoms with van der Waals surface area (Å²) in [7, 11) is 0. The monoisotopic (exact) mass is 336 g/mol. The van der Waals surface area contributed by atoms with Gasteiger partial charge in [-0.05, 0) is 64.7 Å². The van der Waals surface area contributed by atoms with Gasteiger partial charge in [-0.3, -0.25) is 4.79 Å². The quantitative estimate of drug-likeness (QED) is 0.883. The Labute approximate surface area is 142 Å². The molecule has 2 atom stereocenters. The fourth-order valence-corrected chi connectivity index (χ4v) is 2.79. The molecule has 2 rings (SSSR count). The van der Waals surface area contributed by atoms with Crippen LogP contribution in [0.15, 0.2) is 18.2 Å². The Bertz CT molecular complexity index is 625. The molecule has 1 fully saturated rings. The number of nitrogens with one attached hydrogen (secondary N) is 2. The number of benzene rings is 1. The van der Waals surface area contributed by atoms with Crippen molar-refractivity contribution >= 4 is 17.7 Å². The maximum absolute atomic E-state index is 13.3. The van der Waals surface area contributed by atoms with Crippen molar-refractivity contribution in [1.29, 1.82) is 0 Å². The van der Waals surface area contributed by atoms with Gasteiger partial charge in [0.1, 0.15) is 11.4 Å². The van der Waals surface area contributed by atoms with Gasteiger partial charge in [-0.2, -0.15) is 0 Å². The minimum absolute atomic E-state index is 0.0794. The molecule has 0 saturated heterocycles. The second-order valence-electron chi connectivity index (χ2n) is 7.30. The van der Waals surface area contributed by atoms with Gasteiger partial charge in [0.15, 0.2) is 0 Å². The number of hydrogen-bond donors (Lipinski definition) is 2. The summed E-state index contributed by atoms with van der Waals surface area (Å²) in [6.45, 7) is 7.23. The third-order valence-electron chi connectivity index (χ3n) is 3.98. The minimum atomic E-state index is -0.547. The van der Waals surface area contributed by atoms with E-state index in [0.29, 0.717) is 18.5 Å². The van der Waals surface area contributed by atoms with Crippen molar-refractivity contribution in [3.8, 4) is 0 Å². The maximum Gasteiger partial charge on any atom is 0.407 e. The molecule has 1 aliphatic carbocycles. The number of carbonyl (C=O) groups is 2. The van der Waals surface area contributed by atoms with Gasteiger partial charge in [-0.25, -0.2) is 9.18 Å². The topological polar surface area (TPSA) is 67.4 Å². The Morgan fingerprint density at radius 1 is 1.25 bits per heavy atom. The number of halogens is 1. The summed E-state index contributed by atoms with van der Waals surface area (Å²) in [5.74, 6) is -0.725. The van der Waals surface area contributed by atoms with Gasteiger partial charge in [0.05, 0.1) is 0 Å². The summed E-state index contributed by atoms with van der Waals surface area (Å²) in [4.78, 5) is 24.1. The number of alkyl carbamates (subject to hydrolysis) is 1. The van der Waals surface area contributed by atoms with Gasteiger partial charge in [0.2, 0.25) is 5.91 Å². The third kappa shape index (κ3) is 5.22. The molecule has 0 unspecified atom stereocenters. The highest BCUT2D eigenvalue weighted by molar-refractivity contribution is 5.93. The van der Waals surface area contributed by atoms with E-state index in [1.165, 1.54) is 12.1 Å². The van der Waals surface area contributed by atoms with Gasteiger partial charge < -0.3 is 15.4 Å². The van der Waals surface area contributed by atoms with Crippen LogP contribution in [0.5, 0.6) is 0 Å². The van der Waals surface area contributed by atoms with Crippen LogP contribution >= 0.6 is 0 Å². The first kappa shape index (κ1) is 18.2. The summed E-state index contributed by atoms with van der Waals surface area (Å²) in [6, 6.07) is 4.23. The molecule has 132 valence electrons. The van der Waals surface area contributed by atoms with Crippen LogP contribution < -0.4 is 10.6 Å². The van der Waals surface area contributed by atoms with Crippen LogP contribution in [-0.2, 0) is 9.53 Å². The Hall–Kier alpha value is -2.11. The van der Waals surface area contributed by atoms with Crippen LogP contribution in [0.25, 0.3) is 0 Å². The van der Waals surface area contributed by atoms with Crippen LogP contribution in [0.1, 0.15) is 45.6 Å². The molecule has 0 bridgehead atoms. The van der Waals surface area contributed by atoms with Crippen molar-refractivity contribution in [1.82, 2.24) is 5.32 Å². The number of anilines is 1. The van der Waals surface area contributed by atoms with Crippen molar-refractivity contribution in [2.75, 3.05) is 5.32 Å². The van der Waals surface area contributed by atoms with Gasteiger partial charge in [-0.15, -0.1) is 0 Å². The molecule has 0 radical (unpaired) electrons. The van der Waals surface area contributed by atoms with E-state index in [9.17, 15) is 14.0 Å². The molecule has 1 aromatic rings. The molecule has 0 aliphatic heterocycles. The predicted octanol–water partition coefficient (Wildman–Crippen LogP) is 3.77. The van der Waals surface area contributed by atoms with E-state index in [1.54, 1.807) is 26.8 Å². The zero-order valence-electron chi connectivity index (χ0n) is 14.6. The summed E-state index contributed by atoms with van der Waals surface area (Å²) in [5.41, 5.74) is 0.753. The smallest absolute Gasteiger partial charge is 0.407 e. The maximum atomic E-state index is 13.3. The van der Waals surface area contributed by atoms with Crippen molar-refractivity contribution in [3.05, 3.63) is 29.6 Å². The Balaban J connectivity index is 1.87. The van der Waals surface area contributed by atoms with Crippen molar-refractivity contribution in [3.63, 3.8) is 0 Å². The number of hydrogen-bond acceptors (Lipinski definition) is 3. The Kier molecular flexibility index (Phi) is 5.47. The highest BCUT2D eigenvalue weighted by Crippen LogP contribution is 2.28. The van der Waals surface area contributed by atoms with E-state index in [0.717, 1.165) is 12.0 Å².